The highest BCUT2D eigenvalue weighted by Crippen LogP contribution is 2.17. The van der Waals surface area contributed by atoms with Crippen LogP contribution in [0.3, 0.4) is 0 Å². The van der Waals surface area contributed by atoms with Gasteiger partial charge in [-0.2, -0.15) is 5.90 Å². The quantitative estimate of drug-likeness (QED) is 0.319. The lowest BCUT2D eigenvalue weighted by Crippen LogP contribution is -2.29. The van der Waals surface area contributed by atoms with Crippen LogP contribution in [-0.2, 0) is 14.5 Å². The highest BCUT2D eigenvalue weighted by molar-refractivity contribution is 5.88. The molecule has 0 radical (unpaired) electrons. The summed E-state index contributed by atoms with van der Waals surface area (Å²) in [5.41, 5.74) is 5.07. The van der Waals surface area contributed by atoms with Crippen molar-refractivity contribution >= 4 is 5.97 Å². The van der Waals surface area contributed by atoms with E-state index in [1.165, 1.54) is 0 Å². The molecule has 6 N–H and O–H groups in total. The van der Waals surface area contributed by atoms with Crippen LogP contribution in [0.5, 0.6) is 0 Å². The average molecular weight is 229 g/mol. The average Bonchev–Trinajstić information content (AvgIpc) is 2.33. The van der Waals surface area contributed by atoms with Gasteiger partial charge < -0.3 is 10.6 Å². The van der Waals surface area contributed by atoms with E-state index in [1.807, 2.05) is 0 Å². The van der Waals surface area contributed by atoms with Crippen LogP contribution >= 0.6 is 0 Å². The summed E-state index contributed by atoms with van der Waals surface area (Å²) in [7, 11) is 0. The Morgan fingerprint density at radius 3 is 2.50 bits per heavy atom. The first-order valence-corrected chi connectivity index (χ1v) is 4.84. The van der Waals surface area contributed by atoms with E-state index in [0.717, 1.165) is 0 Å². The number of carbonyl (C=O) groups excluding carboxylic acids is 1. The summed E-state index contributed by atoms with van der Waals surface area (Å²) >= 11 is 0. The largest absolute Gasteiger partial charge is 0.370 e. The fourth-order valence-corrected chi connectivity index (χ4v) is 1.07. The van der Waals surface area contributed by atoms with E-state index in [1.54, 1.807) is 19.1 Å². The van der Waals surface area contributed by atoms with Crippen LogP contribution in [0.4, 0.5) is 0 Å². The monoisotopic (exact) mass is 229 g/mol. The number of hydrogen-bond donors (Lipinski definition) is 3. The van der Waals surface area contributed by atoms with E-state index in [2.05, 4.69) is 11.4 Å². The van der Waals surface area contributed by atoms with Gasteiger partial charge in [0, 0.05) is 12.1 Å². The predicted molar refractivity (Wildman–Crippen MR) is 60.5 cm³/mol. The first kappa shape index (κ1) is 14.8. The van der Waals surface area contributed by atoms with Crippen LogP contribution in [0.15, 0.2) is 24.3 Å². The summed E-state index contributed by atoms with van der Waals surface area (Å²) < 4.78 is 0. The molecule has 0 rings (SSSR count). The lowest BCUT2D eigenvalue weighted by molar-refractivity contribution is -0.139. The summed E-state index contributed by atoms with van der Waals surface area (Å²) in [5, 5.41) is 0. The number of carbonyl (C=O) groups is 1. The van der Waals surface area contributed by atoms with Gasteiger partial charge in [0.2, 0.25) is 0 Å². The van der Waals surface area contributed by atoms with Gasteiger partial charge in [-0.25, -0.2) is 10.7 Å². The maximum atomic E-state index is 11.1. The van der Waals surface area contributed by atoms with Crippen LogP contribution in [0.1, 0.15) is 19.8 Å². The zero-order valence-corrected chi connectivity index (χ0v) is 9.44. The Morgan fingerprint density at radius 2 is 2.12 bits per heavy atom. The van der Waals surface area contributed by atoms with Crippen molar-refractivity contribution in [2.75, 3.05) is 6.54 Å². The van der Waals surface area contributed by atoms with Gasteiger partial charge in [0.1, 0.15) is 5.60 Å². The minimum absolute atomic E-state index is 0.0737. The van der Waals surface area contributed by atoms with Gasteiger partial charge in [-0.15, -0.1) is 6.58 Å². The molecular weight excluding hydrogens is 210 g/mol. The van der Waals surface area contributed by atoms with Crippen molar-refractivity contribution in [3.63, 3.8) is 0 Å². The maximum Gasteiger partial charge on any atom is 0.353 e. The van der Waals surface area contributed by atoms with Crippen molar-refractivity contribution in [3.05, 3.63) is 24.3 Å². The fraction of sp³-hybridized carbons (Fsp3) is 0.500. The molecule has 1 atom stereocenters. The molecule has 6 heteroatoms. The van der Waals surface area contributed by atoms with Gasteiger partial charge in [-0.1, -0.05) is 12.2 Å². The van der Waals surface area contributed by atoms with E-state index >= 15 is 0 Å². The van der Waals surface area contributed by atoms with Crippen molar-refractivity contribution in [2.24, 2.45) is 17.5 Å². The maximum absolute atomic E-state index is 11.1. The first-order valence-electron chi connectivity index (χ1n) is 4.84. The van der Waals surface area contributed by atoms with Gasteiger partial charge in [0.15, 0.2) is 0 Å². The second-order valence-electron chi connectivity index (χ2n) is 3.51. The number of allylic oxidation sites excluding steroid dienone is 1. The Bertz CT molecular complexity index is 278. The molecule has 0 saturated carbocycles. The van der Waals surface area contributed by atoms with Gasteiger partial charge in [-0.05, 0) is 19.8 Å². The number of nitrogens with two attached hydrogens (primary N) is 3. The van der Waals surface area contributed by atoms with Crippen LogP contribution in [0.2, 0.25) is 0 Å². The Balaban J connectivity index is 4.35. The standard InChI is InChI=1S/C10H19N3O3/c1-3-10(2,16-13)6-4-5-8(7-11)9(14)15-12/h3,5H,1,4,6-7,11-13H2,2H3/b8-5+. The van der Waals surface area contributed by atoms with Crippen molar-refractivity contribution < 1.29 is 14.5 Å². The van der Waals surface area contributed by atoms with Gasteiger partial charge in [-0.3, -0.25) is 4.84 Å². The topological polar surface area (TPSA) is 114 Å². The van der Waals surface area contributed by atoms with E-state index in [-0.39, 0.29) is 6.54 Å². The van der Waals surface area contributed by atoms with E-state index in [9.17, 15) is 4.79 Å². The van der Waals surface area contributed by atoms with Crippen LogP contribution in [0, 0.1) is 0 Å². The first-order chi connectivity index (χ1) is 7.52. The molecule has 0 aromatic carbocycles. The summed E-state index contributed by atoms with van der Waals surface area (Å²) in [5.74, 6) is 9.25. The SMILES string of the molecule is C=CC(C)(CC/C=C(\CN)C(=O)ON)ON. The van der Waals surface area contributed by atoms with Crippen LogP contribution < -0.4 is 17.5 Å². The zero-order chi connectivity index (χ0) is 12.6. The minimum Gasteiger partial charge on any atom is -0.370 e. The van der Waals surface area contributed by atoms with E-state index < -0.39 is 11.6 Å². The smallest absolute Gasteiger partial charge is 0.353 e. The van der Waals surface area contributed by atoms with Crippen LogP contribution in [-0.4, -0.2) is 18.1 Å². The van der Waals surface area contributed by atoms with Crippen molar-refractivity contribution in [3.8, 4) is 0 Å². The molecule has 92 valence electrons. The lowest BCUT2D eigenvalue weighted by atomic mass is 9.99. The molecule has 0 aromatic heterocycles. The molecule has 0 aliphatic carbocycles. The number of hydrogen-bond acceptors (Lipinski definition) is 6. The zero-order valence-electron chi connectivity index (χ0n) is 9.44. The highest BCUT2D eigenvalue weighted by Gasteiger charge is 2.19. The van der Waals surface area contributed by atoms with Gasteiger partial charge in [0.25, 0.3) is 0 Å². The second kappa shape index (κ2) is 7.13. The minimum atomic E-state index is -0.628. The molecule has 0 spiro atoms. The molecule has 0 aromatic rings. The molecule has 0 amide bonds. The highest BCUT2D eigenvalue weighted by atomic mass is 16.7. The third-order valence-corrected chi connectivity index (χ3v) is 2.32. The Morgan fingerprint density at radius 1 is 1.50 bits per heavy atom. The molecule has 16 heavy (non-hydrogen) atoms. The summed E-state index contributed by atoms with van der Waals surface area (Å²) in [6.07, 6.45) is 4.38. The van der Waals surface area contributed by atoms with E-state index in [4.69, 9.17) is 22.4 Å². The lowest BCUT2D eigenvalue weighted by Gasteiger charge is -2.21. The molecular formula is C10H19N3O3. The normalized spacial score (nSPS) is 15.4. The van der Waals surface area contributed by atoms with Crippen LogP contribution in [0.25, 0.3) is 0 Å². The van der Waals surface area contributed by atoms with Crippen molar-refractivity contribution in [1.82, 2.24) is 0 Å². The summed E-state index contributed by atoms with van der Waals surface area (Å²) in [4.78, 5) is 19.9. The molecule has 6 nitrogen and oxygen atoms in total. The Labute approximate surface area is 95.0 Å². The van der Waals surface area contributed by atoms with Gasteiger partial charge >= 0.3 is 5.97 Å². The van der Waals surface area contributed by atoms with Crippen molar-refractivity contribution in [1.29, 1.82) is 0 Å². The number of rotatable bonds is 7. The summed E-state index contributed by atoms with van der Waals surface area (Å²) in [6, 6.07) is 0. The third-order valence-electron chi connectivity index (χ3n) is 2.32. The summed E-state index contributed by atoms with van der Waals surface area (Å²) in [6.45, 7) is 5.47. The fourth-order valence-electron chi connectivity index (χ4n) is 1.07. The molecule has 0 aliphatic rings. The molecule has 0 bridgehead atoms. The Hall–Kier alpha value is -1.21. The molecule has 0 fully saturated rings. The molecule has 0 heterocycles. The van der Waals surface area contributed by atoms with E-state index in [0.29, 0.717) is 18.4 Å². The van der Waals surface area contributed by atoms with Gasteiger partial charge in [0.05, 0.1) is 0 Å². The predicted octanol–water partition coefficient (Wildman–Crippen LogP) is -0.0964. The third kappa shape index (κ3) is 4.54. The molecule has 0 saturated heterocycles. The molecule has 0 aliphatic heterocycles. The molecule has 1 unspecified atom stereocenters. The van der Waals surface area contributed by atoms with Crippen molar-refractivity contribution in [2.45, 2.75) is 25.4 Å². The second-order valence-corrected chi connectivity index (χ2v) is 3.51. The Kier molecular flexibility index (Phi) is 6.59.